The number of hydrogen-bond acceptors (Lipinski definition) is 4. The Balaban J connectivity index is 2.45. The lowest BCUT2D eigenvalue weighted by Gasteiger charge is -2.17. The topological polar surface area (TPSA) is 53.4 Å². The zero-order valence-electron chi connectivity index (χ0n) is 10.9. The molecule has 0 N–H and O–H groups in total. The molecule has 0 amide bonds. The second-order valence-electron chi connectivity index (χ2n) is 3.98. The third kappa shape index (κ3) is 3.07. The average molecular weight is 260 g/mol. The molecule has 0 fully saturated rings. The van der Waals surface area contributed by atoms with Gasteiger partial charge in [-0.25, -0.2) is 4.98 Å². The van der Waals surface area contributed by atoms with Gasteiger partial charge < -0.3 is 9.47 Å². The van der Waals surface area contributed by atoms with Crippen molar-refractivity contribution in [1.29, 1.82) is 0 Å². The predicted molar refractivity (Wildman–Crippen MR) is 71.7 cm³/mol. The number of ether oxygens (including phenoxy) is 2. The summed E-state index contributed by atoms with van der Waals surface area (Å²) < 4.78 is 11.8. The van der Waals surface area contributed by atoms with Crippen LogP contribution >= 0.6 is 0 Å². The van der Waals surface area contributed by atoms with Crippen molar-refractivity contribution >= 4 is 0 Å². The lowest BCUT2D eigenvalue weighted by molar-refractivity contribution is -0.111. The minimum absolute atomic E-state index is 0.132. The van der Waals surface area contributed by atoms with Crippen molar-refractivity contribution in [3.63, 3.8) is 0 Å². The fraction of sp³-hybridized carbons (Fsp3) is 0.286. The van der Waals surface area contributed by atoms with E-state index in [-0.39, 0.29) is 5.56 Å². The SMILES string of the molecule is COC(Cn1c(-c2ccccc2)nccc1=O)OC. The first-order valence-electron chi connectivity index (χ1n) is 5.93. The van der Waals surface area contributed by atoms with E-state index in [1.54, 1.807) is 4.57 Å². The molecule has 0 aliphatic carbocycles. The van der Waals surface area contributed by atoms with Gasteiger partial charge in [0.1, 0.15) is 5.82 Å². The monoisotopic (exact) mass is 260 g/mol. The Morgan fingerprint density at radius 1 is 1.16 bits per heavy atom. The van der Waals surface area contributed by atoms with Gasteiger partial charge in [0.15, 0.2) is 6.29 Å². The summed E-state index contributed by atoms with van der Waals surface area (Å²) in [6, 6.07) is 11.0. The maximum Gasteiger partial charge on any atom is 0.253 e. The number of methoxy groups -OCH3 is 2. The molecule has 0 spiro atoms. The van der Waals surface area contributed by atoms with Gasteiger partial charge in [-0.1, -0.05) is 30.3 Å². The molecule has 0 aliphatic rings. The number of aromatic nitrogens is 2. The van der Waals surface area contributed by atoms with E-state index in [0.717, 1.165) is 5.56 Å². The highest BCUT2D eigenvalue weighted by atomic mass is 16.7. The van der Waals surface area contributed by atoms with Crippen molar-refractivity contribution in [2.45, 2.75) is 12.8 Å². The highest BCUT2D eigenvalue weighted by molar-refractivity contribution is 5.54. The lowest BCUT2D eigenvalue weighted by Crippen LogP contribution is -2.30. The van der Waals surface area contributed by atoms with E-state index in [4.69, 9.17) is 9.47 Å². The standard InChI is InChI=1S/C14H16N2O3/c1-18-13(19-2)10-16-12(17)8-9-15-14(16)11-6-4-3-5-7-11/h3-9,13H,10H2,1-2H3. The van der Waals surface area contributed by atoms with Crippen LogP contribution < -0.4 is 5.56 Å². The molecule has 5 heteroatoms. The molecule has 2 rings (SSSR count). The first-order valence-corrected chi connectivity index (χ1v) is 5.93. The van der Waals surface area contributed by atoms with Crippen LogP contribution in [0.1, 0.15) is 0 Å². The first kappa shape index (κ1) is 13.5. The van der Waals surface area contributed by atoms with E-state index in [1.165, 1.54) is 26.5 Å². The summed E-state index contributed by atoms with van der Waals surface area (Å²) in [4.78, 5) is 16.3. The summed E-state index contributed by atoms with van der Waals surface area (Å²) in [5.74, 6) is 0.604. The summed E-state index contributed by atoms with van der Waals surface area (Å²) in [5, 5.41) is 0. The van der Waals surface area contributed by atoms with E-state index >= 15 is 0 Å². The van der Waals surface area contributed by atoms with Crippen molar-refractivity contribution < 1.29 is 9.47 Å². The van der Waals surface area contributed by atoms with Gasteiger partial charge in [0.05, 0.1) is 6.54 Å². The van der Waals surface area contributed by atoms with E-state index in [0.29, 0.717) is 12.4 Å². The van der Waals surface area contributed by atoms with Gasteiger partial charge in [-0.2, -0.15) is 0 Å². The molecule has 2 aromatic rings. The molecule has 0 bridgehead atoms. The third-order valence-corrected chi connectivity index (χ3v) is 2.83. The molecule has 1 aromatic carbocycles. The second kappa shape index (κ2) is 6.26. The smallest absolute Gasteiger partial charge is 0.253 e. The van der Waals surface area contributed by atoms with Crippen molar-refractivity contribution in [3.8, 4) is 11.4 Å². The van der Waals surface area contributed by atoms with Crippen LogP contribution in [0.2, 0.25) is 0 Å². The van der Waals surface area contributed by atoms with Crippen LogP contribution in [0.3, 0.4) is 0 Å². The predicted octanol–water partition coefficient (Wildman–Crippen LogP) is 1.53. The molecule has 1 aromatic heterocycles. The average Bonchev–Trinajstić information content (AvgIpc) is 2.47. The molecule has 0 unspecified atom stereocenters. The number of benzene rings is 1. The second-order valence-corrected chi connectivity index (χ2v) is 3.98. The van der Waals surface area contributed by atoms with Gasteiger partial charge in [0.2, 0.25) is 0 Å². The molecule has 0 saturated carbocycles. The van der Waals surface area contributed by atoms with E-state index in [1.807, 2.05) is 30.3 Å². The number of rotatable bonds is 5. The highest BCUT2D eigenvalue weighted by Crippen LogP contribution is 2.15. The molecule has 1 heterocycles. The molecule has 19 heavy (non-hydrogen) atoms. The van der Waals surface area contributed by atoms with Crippen molar-refractivity contribution in [3.05, 3.63) is 52.9 Å². The van der Waals surface area contributed by atoms with Gasteiger partial charge in [0.25, 0.3) is 5.56 Å². The normalized spacial score (nSPS) is 10.9. The van der Waals surface area contributed by atoms with Crippen molar-refractivity contribution in [2.24, 2.45) is 0 Å². The molecule has 0 radical (unpaired) electrons. The highest BCUT2D eigenvalue weighted by Gasteiger charge is 2.12. The van der Waals surface area contributed by atoms with Gasteiger partial charge >= 0.3 is 0 Å². The Morgan fingerprint density at radius 2 is 1.84 bits per heavy atom. The zero-order valence-corrected chi connectivity index (χ0v) is 10.9. The zero-order chi connectivity index (χ0) is 13.7. The summed E-state index contributed by atoms with van der Waals surface area (Å²) in [6.45, 7) is 0.296. The van der Waals surface area contributed by atoms with Crippen LogP contribution in [0, 0.1) is 0 Å². The molecular formula is C14H16N2O3. The van der Waals surface area contributed by atoms with Gasteiger partial charge in [-0.3, -0.25) is 9.36 Å². The minimum Gasteiger partial charge on any atom is -0.354 e. The third-order valence-electron chi connectivity index (χ3n) is 2.83. The lowest BCUT2D eigenvalue weighted by atomic mass is 10.2. The molecule has 0 aliphatic heterocycles. The van der Waals surface area contributed by atoms with Crippen LogP contribution in [0.15, 0.2) is 47.4 Å². The van der Waals surface area contributed by atoms with Crippen LogP contribution in [0.4, 0.5) is 0 Å². The van der Waals surface area contributed by atoms with Gasteiger partial charge in [-0.05, 0) is 0 Å². The molecule has 0 atom stereocenters. The number of hydrogen-bond donors (Lipinski definition) is 0. The molecule has 0 saturated heterocycles. The Kier molecular flexibility index (Phi) is 4.43. The van der Waals surface area contributed by atoms with E-state index in [9.17, 15) is 4.79 Å². The first-order chi connectivity index (χ1) is 9.26. The Morgan fingerprint density at radius 3 is 2.47 bits per heavy atom. The van der Waals surface area contributed by atoms with Crippen molar-refractivity contribution in [1.82, 2.24) is 9.55 Å². The minimum atomic E-state index is -0.482. The van der Waals surface area contributed by atoms with Crippen LogP contribution in [-0.4, -0.2) is 30.1 Å². The quantitative estimate of drug-likeness (QED) is 0.765. The van der Waals surface area contributed by atoms with Crippen molar-refractivity contribution in [2.75, 3.05) is 14.2 Å². The Labute approximate surface area is 111 Å². The molecular weight excluding hydrogens is 244 g/mol. The summed E-state index contributed by atoms with van der Waals surface area (Å²) in [6.07, 6.45) is 1.03. The maximum atomic E-state index is 12.0. The largest absolute Gasteiger partial charge is 0.354 e. The van der Waals surface area contributed by atoms with Crippen LogP contribution in [0.5, 0.6) is 0 Å². The molecule has 5 nitrogen and oxygen atoms in total. The fourth-order valence-electron chi connectivity index (χ4n) is 1.82. The van der Waals surface area contributed by atoms with E-state index in [2.05, 4.69) is 4.98 Å². The van der Waals surface area contributed by atoms with Gasteiger partial charge in [0, 0.05) is 32.0 Å². The summed E-state index contributed by atoms with van der Waals surface area (Å²) >= 11 is 0. The molecule has 100 valence electrons. The fourth-order valence-corrected chi connectivity index (χ4v) is 1.82. The van der Waals surface area contributed by atoms with Gasteiger partial charge in [-0.15, -0.1) is 0 Å². The van der Waals surface area contributed by atoms with Crippen LogP contribution in [-0.2, 0) is 16.0 Å². The van der Waals surface area contributed by atoms with E-state index < -0.39 is 6.29 Å². The Bertz CT molecular complexity index is 577. The Hall–Kier alpha value is -1.98. The number of nitrogens with zero attached hydrogens (tertiary/aromatic N) is 2. The summed E-state index contributed by atoms with van der Waals surface area (Å²) in [5.41, 5.74) is 0.749. The maximum absolute atomic E-state index is 12.0. The van der Waals surface area contributed by atoms with Crippen LogP contribution in [0.25, 0.3) is 11.4 Å². The summed E-state index contributed by atoms with van der Waals surface area (Å²) in [7, 11) is 3.08.